The van der Waals surface area contributed by atoms with Crippen molar-refractivity contribution in [1.29, 1.82) is 0 Å². The molecule has 0 unspecified atom stereocenters. The lowest BCUT2D eigenvalue weighted by atomic mass is 9.82. The zero-order chi connectivity index (χ0) is 12.8. The van der Waals surface area contributed by atoms with Crippen molar-refractivity contribution in [2.45, 2.75) is 32.2 Å². The van der Waals surface area contributed by atoms with Gasteiger partial charge in [0, 0.05) is 26.1 Å². The normalized spacial score (nSPS) is 14.4. The molecule has 3 nitrogen and oxygen atoms in total. The highest BCUT2D eigenvalue weighted by atomic mass is 35.5. The molecule has 0 aliphatic heterocycles. The Bertz CT molecular complexity index is 379. The molecule has 1 amide bonds. The van der Waals surface area contributed by atoms with Gasteiger partial charge in [0.15, 0.2) is 0 Å². The minimum absolute atomic E-state index is 0. The fourth-order valence-corrected chi connectivity index (χ4v) is 2.32. The summed E-state index contributed by atoms with van der Waals surface area (Å²) in [6, 6.07) is 10.1. The molecule has 1 aliphatic carbocycles. The standard InChI is InChI=1S/C15H22N2O.ClH/c16-9-10-17(12-14-5-2-1-3-6-14)15(18)11-13-7-4-8-13;/h1-3,5-6,13H,4,7-12,16H2;1H. The fraction of sp³-hybridized carbons (Fsp3) is 0.533. The van der Waals surface area contributed by atoms with Crippen LogP contribution in [0.3, 0.4) is 0 Å². The molecule has 2 N–H and O–H groups in total. The lowest BCUT2D eigenvalue weighted by Crippen LogP contribution is -2.36. The van der Waals surface area contributed by atoms with Gasteiger partial charge in [-0.15, -0.1) is 12.4 Å². The summed E-state index contributed by atoms with van der Waals surface area (Å²) in [6.07, 6.45) is 4.42. The van der Waals surface area contributed by atoms with Crippen LogP contribution in [0.1, 0.15) is 31.2 Å². The number of amides is 1. The van der Waals surface area contributed by atoms with Crippen LogP contribution >= 0.6 is 12.4 Å². The van der Waals surface area contributed by atoms with Gasteiger partial charge in [-0.2, -0.15) is 0 Å². The summed E-state index contributed by atoms with van der Waals surface area (Å²) in [6.45, 7) is 1.87. The Kier molecular flexibility index (Phi) is 6.89. The molecule has 0 atom stereocenters. The van der Waals surface area contributed by atoms with E-state index in [4.69, 9.17) is 5.73 Å². The van der Waals surface area contributed by atoms with E-state index in [0.717, 1.165) is 0 Å². The van der Waals surface area contributed by atoms with E-state index in [-0.39, 0.29) is 18.3 Å². The van der Waals surface area contributed by atoms with Crippen LogP contribution < -0.4 is 5.73 Å². The maximum Gasteiger partial charge on any atom is 0.223 e. The molecule has 1 aromatic carbocycles. The molecule has 2 rings (SSSR count). The molecule has 1 aliphatic rings. The van der Waals surface area contributed by atoms with Crippen molar-refractivity contribution in [1.82, 2.24) is 4.90 Å². The average Bonchev–Trinajstić information content (AvgIpc) is 2.34. The first-order valence-corrected chi connectivity index (χ1v) is 6.81. The third-order valence-corrected chi connectivity index (χ3v) is 3.66. The SMILES string of the molecule is Cl.NCCN(Cc1ccccc1)C(=O)CC1CCC1. The second kappa shape index (κ2) is 8.18. The van der Waals surface area contributed by atoms with Crippen LogP contribution in [0, 0.1) is 5.92 Å². The third-order valence-electron chi connectivity index (χ3n) is 3.66. The smallest absolute Gasteiger partial charge is 0.223 e. The summed E-state index contributed by atoms with van der Waals surface area (Å²) in [5.74, 6) is 0.877. The topological polar surface area (TPSA) is 46.3 Å². The summed E-state index contributed by atoms with van der Waals surface area (Å²) >= 11 is 0. The Balaban J connectivity index is 0.00000180. The second-order valence-corrected chi connectivity index (χ2v) is 5.09. The van der Waals surface area contributed by atoms with Crippen molar-refractivity contribution in [3.05, 3.63) is 35.9 Å². The molecule has 0 aromatic heterocycles. The monoisotopic (exact) mass is 282 g/mol. The van der Waals surface area contributed by atoms with Crippen LogP contribution in [0.15, 0.2) is 30.3 Å². The number of carbonyl (C=O) groups excluding carboxylic acids is 1. The predicted octanol–water partition coefficient (Wildman–Crippen LogP) is 2.59. The highest BCUT2D eigenvalue weighted by Gasteiger charge is 2.23. The quantitative estimate of drug-likeness (QED) is 0.872. The van der Waals surface area contributed by atoms with Crippen LogP contribution in [-0.4, -0.2) is 23.9 Å². The lowest BCUT2D eigenvalue weighted by Gasteiger charge is -2.29. The van der Waals surface area contributed by atoms with Gasteiger partial charge in [-0.25, -0.2) is 0 Å². The number of hydrogen-bond acceptors (Lipinski definition) is 2. The van der Waals surface area contributed by atoms with E-state index in [1.54, 1.807) is 0 Å². The zero-order valence-corrected chi connectivity index (χ0v) is 12.1. The van der Waals surface area contributed by atoms with Crippen LogP contribution in [0.25, 0.3) is 0 Å². The maximum atomic E-state index is 12.2. The Morgan fingerprint density at radius 3 is 2.47 bits per heavy atom. The Morgan fingerprint density at radius 1 is 1.26 bits per heavy atom. The van der Waals surface area contributed by atoms with Crippen LogP contribution in [-0.2, 0) is 11.3 Å². The van der Waals surface area contributed by atoms with Gasteiger partial charge in [-0.1, -0.05) is 36.8 Å². The van der Waals surface area contributed by atoms with E-state index in [9.17, 15) is 4.79 Å². The number of carbonyl (C=O) groups is 1. The number of halogens is 1. The van der Waals surface area contributed by atoms with E-state index in [1.165, 1.54) is 24.8 Å². The Morgan fingerprint density at radius 2 is 1.95 bits per heavy atom. The summed E-state index contributed by atoms with van der Waals surface area (Å²) in [5.41, 5.74) is 6.78. The summed E-state index contributed by atoms with van der Waals surface area (Å²) in [4.78, 5) is 14.1. The molecule has 1 fully saturated rings. The highest BCUT2D eigenvalue weighted by molar-refractivity contribution is 5.85. The highest BCUT2D eigenvalue weighted by Crippen LogP contribution is 2.30. The number of nitrogens with zero attached hydrogens (tertiary/aromatic N) is 1. The first kappa shape index (κ1) is 16.0. The third kappa shape index (κ3) is 4.84. The molecule has 19 heavy (non-hydrogen) atoms. The summed E-state index contributed by atoms with van der Waals surface area (Å²) in [5, 5.41) is 0. The molecule has 0 spiro atoms. The molecule has 0 saturated heterocycles. The number of hydrogen-bond donors (Lipinski definition) is 1. The van der Waals surface area contributed by atoms with E-state index >= 15 is 0 Å². The molecule has 4 heteroatoms. The van der Waals surface area contributed by atoms with E-state index in [1.807, 2.05) is 23.1 Å². The van der Waals surface area contributed by atoms with Crippen molar-refractivity contribution >= 4 is 18.3 Å². The van der Waals surface area contributed by atoms with Gasteiger partial charge in [0.2, 0.25) is 5.91 Å². The zero-order valence-electron chi connectivity index (χ0n) is 11.3. The van der Waals surface area contributed by atoms with Crippen LogP contribution in [0.2, 0.25) is 0 Å². The van der Waals surface area contributed by atoms with Crippen LogP contribution in [0.4, 0.5) is 0 Å². The molecule has 0 bridgehead atoms. The number of nitrogens with two attached hydrogens (primary N) is 1. The minimum Gasteiger partial charge on any atom is -0.337 e. The first-order chi connectivity index (χ1) is 8.79. The van der Waals surface area contributed by atoms with Gasteiger partial charge in [0.05, 0.1) is 0 Å². The van der Waals surface area contributed by atoms with Gasteiger partial charge in [-0.05, 0) is 24.3 Å². The molecule has 1 aromatic rings. The number of benzene rings is 1. The fourth-order valence-electron chi connectivity index (χ4n) is 2.32. The van der Waals surface area contributed by atoms with Gasteiger partial charge in [0.25, 0.3) is 0 Å². The minimum atomic E-state index is 0. The van der Waals surface area contributed by atoms with E-state index < -0.39 is 0 Å². The van der Waals surface area contributed by atoms with Crippen molar-refractivity contribution in [2.24, 2.45) is 11.7 Å². The van der Waals surface area contributed by atoms with Crippen molar-refractivity contribution in [3.63, 3.8) is 0 Å². The first-order valence-electron chi connectivity index (χ1n) is 6.81. The molecule has 0 radical (unpaired) electrons. The number of rotatable bonds is 6. The van der Waals surface area contributed by atoms with Crippen molar-refractivity contribution in [3.8, 4) is 0 Å². The van der Waals surface area contributed by atoms with Crippen LogP contribution in [0.5, 0.6) is 0 Å². The molecular formula is C15H23ClN2O. The molecular weight excluding hydrogens is 260 g/mol. The summed E-state index contributed by atoms with van der Waals surface area (Å²) < 4.78 is 0. The molecule has 106 valence electrons. The van der Waals surface area contributed by atoms with Gasteiger partial charge in [-0.3, -0.25) is 4.79 Å². The average molecular weight is 283 g/mol. The van der Waals surface area contributed by atoms with E-state index in [2.05, 4.69) is 12.1 Å². The van der Waals surface area contributed by atoms with Crippen molar-refractivity contribution in [2.75, 3.05) is 13.1 Å². The molecule has 0 heterocycles. The largest absolute Gasteiger partial charge is 0.337 e. The Labute approximate surface area is 121 Å². The molecule has 1 saturated carbocycles. The van der Waals surface area contributed by atoms with Crippen molar-refractivity contribution < 1.29 is 4.79 Å². The van der Waals surface area contributed by atoms with Gasteiger partial charge >= 0.3 is 0 Å². The predicted molar refractivity (Wildman–Crippen MR) is 80.1 cm³/mol. The summed E-state index contributed by atoms with van der Waals surface area (Å²) in [7, 11) is 0. The second-order valence-electron chi connectivity index (χ2n) is 5.09. The maximum absolute atomic E-state index is 12.2. The van der Waals surface area contributed by atoms with Gasteiger partial charge < -0.3 is 10.6 Å². The van der Waals surface area contributed by atoms with Gasteiger partial charge in [0.1, 0.15) is 0 Å². The van der Waals surface area contributed by atoms with E-state index in [0.29, 0.717) is 32.0 Å². The lowest BCUT2D eigenvalue weighted by molar-refractivity contribution is -0.133. The Hall–Kier alpha value is -1.06.